The summed E-state index contributed by atoms with van der Waals surface area (Å²) < 4.78 is 20.6. The van der Waals surface area contributed by atoms with E-state index in [4.69, 9.17) is 37.4 Å². The van der Waals surface area contributed by atoms with E-state index in [0.717, 1.165) is 54.6 Å². The number of anilines is 2. The molecule has 2 aliphatic heterocycles. The van der Waals surface area contributed by atoms with E-state index in [1.807, 2.05) is 42.5 Å². The topological polar surface area (TPSA) is 94.2 Å². The summed E-state index contributed by atoms with van der Waals surface area (Å²) in [6.45, 7) is 7.72. The molecule has 0 radical (unpaired) electrons. The van der Waals surface area contributed by atoms with Crippen molar-refractivity contribution < 1.29 is 19.3 Å². The molecule has 0 bridgehead atoms. The van der Waals surface area contributed by atoms with Gasteiger partial charge < -0.3 is 29.1 Å². The van der Waals surface area contributed by atoms with Crippen molar-refractivity contribution in [2.24, 2.45) is 0 Å². The van der Waals surface area contributed by atoms with Crippen LogP contribution in [0.4, 0.5) is 11.4 Å². The summed E-state index contributed by atoms with van der Waals surface area (Å²) in [6.07, 6.45) is 0.0848. The first-order valence-corrected chi connectivity index (χ1v) is 15.4. The van der Waals surface area contributed by atoms with Crippen LogP contribution in [-0.2, 0) is 9.47 Å². The van der Waals surface area contributed by atoms with Gasteiger partial charge in [0.05, 0.1) is 29.5 Å². The molecule has 6 rings (SSSR count). The number of hydrogen-bond donors (Lipinski definition) is 1. The smallest absolute Gasteiger partial charge is 0.350 e. The number of piperazine rings is 1. The predicted octanol–water partition coefficient (Wildman–Crippen LogP) is 5.10. The highest BCUT2D eigenvalue weighted by molar-refractivity contribution is 6.35. The van der Waals surface area contributed by atoms with Crippen LogP contribution >= 0.6 is 23.2 Å². The second-order valence-corrected chi connectivity index (χ2v) is 11.9. The average molecular weight is 641 g/mol. The van der Waals surface area contributed by atoms with Gasteiger partial charge in [0.2, 0.25) is 0 Å². The Morgan fingerprint density at radius 1 is 0.932 bits per heavy atom. The Labute approximate surface area is 265 Å². The van der Waals surface area contributed by atoms with E-state index < -0.39 is 18.4 Å². The first-order chi connectivity index (χ1) is 21.3. The van der Waals surface area contributed by atoms with Crippen molar-refractivity contribution in [3.05, 3.63) is 99.2 Å². The van der Waals surface area contributed by atoms with Gasteiger partial charge in [-0.15, -0.1) is 0 Å². The summed E-state index contributed by atoms with van der Waals surface area (Å²) in [5.74, 6) is 0.772. The maximum absolute atomic E-state index is 12.8. The molecule has 10 nitrogen and oxygen atoms in total. The second-order valence-electron chi connectivity index (χ2n) is 11.1. The van der Waals surface area contributed by atoms with E-state index in [1.165, 1.54) is 15.6 Å². The summed E-state index contributed by atoms with van der Waals surface area (Å²) in [6, 6.07) is 20.9. The van der Waals surface area contributed by atoms with Crippen LogP contribution in [0.3, 0.4) is 0 Å². The molecule has 4 aromatic rings. The molecule has 44 heavy (non-hydrogen) atoms. The number of benzene rings is 3. The molecule has 3 aromatic carbocycles. The van der Waals surface area contributed by atoms with E-state index in [0.29, 0.717) is 23.3 Å². The predicted molar refractivity (Wildman–Crippen MR) is 171 cm³/mol. The Morgan fingerprint density at radius 2 is 1.55 bits per heavy atom. The molecule has 2 unspecified atom stereocenters. The zero-order valence-electron chi connectivity index (χ0n) is 24.6. The molecule has 1 N–H and O–H groups in total. The minimum atomic E-state index is -0.674. The molecule has 0 saturated carbocycles. The van der Waals surface area contributed by atoms with Gasteiger partial charge >= 0.3 is 5.69 Å². The molecular formula is C32H35Cl2N5O5. The number of aromatic nitrogens is 3. The first-order valence-electron chi connectivity index (χ1n) is 14.7. The van der Waals surface area contributed by atoms with Crippen LogP contribution in [0.25, 0.3) is 5.69 Å². The zero-order chi connectivity index (χ0) is 30.8. The van der Waals surface area contributed by atoms with Gasteiger partial charge in [-0.05, 0) is 74.5 Å². The van der Waals surface area contributed by atoms with Crippen LogP contribution in [0.1, 0.15) is 31.7 Å². The van der Waals surface area contributed by atoms with Crippen LogP contribution in [0.15, 0.2) is 77.9 Å². The Balaban J connectivity index is 0.982. The van der Waals surface area contributed by atoms with Gasteiger partial charge in [0, 0.05) is 48.1 Å². The highest BCUT2D eigenvalue weighted by atomic mass is 35.5. The third-order valence-electron chi connectivity index (χ3n) is 8.15. The number of aliphatic hydroxyl groups is 1. The minimum Gasteiger partial charge on any atom is -0.491 e. The molecule has 3 heterocycles. The fourth-order valence-electron chi connectivity index (χ4n) is 5.36. The average Bonchev–Trinajstić information content (AvgIpc) is 3.66. The number of ether oxygens (including phenoxy) is 3. The number of aliphatic hydroxyl groups excluding tert-OH is 1. The van der Waals surface area contributed by atoms with Crippen molar-refractivity contribution >= 4 is 34.6 Å². The Kier molecular flexibility index (Phi) is 9.16. The fourth-order valence-corrected chi connectivity index (χ4v) is 5.86. The van der Waals surface area contributed by atoms with E-state index in [-0.39, 0.29) is 11.8 Å². The quantitative estimate of drug-likeness (QED) is 0.270. The first kappa shape index (κ1) is 30.5. The van der Waals surface area contributed by atoms with Crippen molar-refractivity contribution in [1.82, 2.24) is 14.3 Å². The molecule has 2 aliphatic rings. The molecule has 0 amide bonds. The van der Waals surface area contributed by atoms with Gasteiger partial charge in [0.25, 0.3) is 0 Å². The molecule has 2 saturated heterocycles. The lowest BCUT2D eigenvalue weighted by Gasteiger charge is -2.37. The third kappa shape index (κ3) is 6.60. The molecule has 12 heteroatoms. The minimum absolute atomic E-state index is 0.203. The number of nitrogens with zero attached hydrogens (tertiary/aromatic N) is 5. The maximum Gasteiger partial charge on any atom is 0.350 e. The standard InChI is InChI=1S/C32H35Cl2N5O5/c1-21(22(2)40)39-32(41)38(20-35-39)26-6-4-24(5-7-26)36-13-15-37(16-14-36)25-8-10-27(11-9-25)42-18-28-19-43-31(44-28)29-12-3-23(33)17-30(29)34/h3-12,17,20-22,28,31,40H,13-16,18-19H2,1-2H3/t21?,22?,28-,31-/m1/s1. The van der Waals surface area contributed by atoms with E-state index in [2.05, 4.69) is 27.0 Å². The number of rotatable bonds is 9. The number of hydrogen-bond acceptors (Lipinski definition) is 8. The lowest BCUT2D eigenvalue weighted by molar-refractivity contribution is -0.0658. The molecule has 4 atom stereocenters. The van der Waals surface area contributed by atoms with E-state index in [1.54, 1.807) is 26.0 Å². The van der Waals surface area contributed by atoms with Crippen LogP contribution < -0.4 is 20.2 Å². The van der Waals surface area contributed by atoms with Crippen molar-refractivity contribution in [2.45, 2.75) is 38.4 Å². The molecule has 1 aromatic heterocycles. The van der Waals surface area contributed by atoms with Crippen LogP contribution in [-0.4, -0.2) is 71.1 Å². The second kappa shape index (κ2) is 13.2. The third-order valence-corrected chi connectivity index (χ3v) is 8.72. The van der Waals surface area contributed by atoms with Gasteiger partial charge in [-0.3, -0.25) is 0 Å². The highest BCUT2D eigenvalue weighted by Gasteiger charge is 2.29. The van der Waals surface area contributed by atoms with Crippen LogP contribution in [0.2, 0.25) is 10.0 Å². The maximum atomic E-state index is 12.8. The Morgan fingerprint density at radius 3 is 2.16 bits per heavy atom. The van der Waals surface area contributed by atoms with Gasteiger partial charge in [-0.2, -0.15) is 5.10 Å². The van der Waals surface area contributed by atoms with Crippen molar-refractivity contribution in [3.63, 3.8) is 0 Å². The highest BCUT2D eigenvalue weighted by Crippen LogP contribution is 2.33. The van der Waals surface area contributed by atoms with Gasteiger partial charge in [-0.1, -0.05) is 29.3 Å². The van der Waals surface area contributed by atoms with Gasteiger partial charge in [0.1, 0.15) is 24.8 Å². The molecule has 2 fully saturated rings. The summed E-state index contributed by atoms with van der Waals surface area (Å²) in [5.41, 5.74) is 3.47. The van der Waals surface area contributed by atoms with E-state index >= 15 is 0 Å². The normalized spacial score (nSPS) is 20.1. The summed E-state index contributed by atoms with van der Waals surface area (Å²) in [5, 5.41) is 15.1. The van der Waals surface area contributed by atoms with Crippen LogP contribution in [0, 0.1) is 0 Å². The summed E-state index contributed by atoms with van der Waals surface area (Å²) >= 11 is 12.3. The van der Waals surface area contributed by atoms with Crippen molar-refractivity contribution in [3.8, 4) is 11.4 Å². The van der Waals surface area contributed by atoms with E-state index in [9.17, 15) is 9.90 Å². The Hall–Kier alpha value is -3.54. The lowest BCUT2D eigenvalue weighted by atomic mass is 10.2. The monoisotopic (exact) mass is 639 g/mol. The zero-order valence-corrected chi connectivity index (χ0v) is 26.1. The lowest BCUT2D eigenvalue weighted by Crippen LogP contribution is -2.46. The van der Waals surface area contributed by atoms with Crippen molar-refractivity contribution in [2.75, 3.05) is 49.2 Å². The molecule has 0 spiro atoms. The van der Waals surface area contributed by atoms with Gasteiger partial charge in [-0.25, -0.2) is 14.0 Å². The van der Waals surface area contributed by atoms with Crippen molar-refractivity contribution in [1.29, 1.82) is 0 Å². The molecular weight excluding hydrogens is 605 g/mol. The fraction of sp³-hybridized carbons (Fsp3) is 0.375. The largest absolute Gasteiger partial charge is 0.491 e. The van der Waals surface area contributed by atoms with Gasteiger partial charge in [0.15, 0.2) is 6.29 Å². The van der Waals surface area contributed by atoms with Crippen LogP contribution in [0.5, 0.6) is 5.75 Å². The molecule has 0 aliphatic carbocycles. The Bertz CT molecular complexity index is 1620. The summed E-state index contributed by atoms with van der Waals surface area (Å²) in [7, 11) is 0. The molecule has 232 valence electrons. The summed E-state index contributed by atoms with van der Waals surface area (Å²) in [4.78, 5) is 17.5. The SMILES string of the molecule is CC(O)C(C)n1ncn(-c2ccc(N3CCN(c4ccc(OC[C@@H]5CO[C@@H](c6ccc(Cl)cc6Cl)O5)cc4)CC3)cc2)c1=O. The number of halogens is 2.